The number of likely N-dealkylation sites (N-methyl/N-ethyl adjacent to an activating group) is 1. The summed E-state index contributed by atoms with van der Waals surface area (Å²) >= 11 is 0. The molecule has 0 amide bonds. The van der Waals surface area contributed by atoms with Gasteiger partial charge in [-0.15, -0.1) is 0 Å². The fraction of sp³-hybridized carbons (Fsp3) is 0.375. The number of nitriles is 1. The van der Waals surface area contributed by atoms with Gasteiger partial charge in [-0.2, -0.15) is 5.26 Å². The van der Waals surface area contributed by atoms with Crippen molar-refractivity contribution in [3.8, 4) is 6.07 Å². The molecular formula is C24H27N5O2S. The van der Waals surface area contributed by atoms with E-state index in [1.807, 2.05) is 38.1 Å². The first-order valence-electron chi connectivity index (χ1n) is 10.8. The first-order valence-corrected chi connectivity index (χ1v) is 12.3. The predicted molar refractivity (Wildman–Crippen MR) is 125 cm³/mol. The van der Waals surface area contributed by atoms with Gasteiger partial charge in [0, 0.05) is 26.2 Å². The summed E-state index contributed by atoms with van der Waals surface area (Å²) in [6.07, 6.45) is 0. The number of rotatable bonds is 5. The molecule has 1 aromatic heterocycles. The molecule has 2 heterocycles. The Kier molecular flexibility index (Phi) is 6.13. The molecule has 4 rings (SSSR count). The largest absolute Gasteiger partial charge is 0.352 e. The second-order valence-electron chi connectivity index (χ2n) is 8.14. The molecule has 1 saturated heterocycles. The minimum atomic E-state index is -3.99. The van der Waals surface area contributed by atoms with Crippen LogP contribution in [0.4, 0.5) is 5.82 Å². The van der Waals surface area contributed by atoms with Gasteiger partial charge in [0.25, 0.3) is 0 Å². The van der Waals surface area contributed by atoms with Crippen LogP contribution in [0.2, 0.25) is 0 Å². The number of para-hydroxylation sites is 2. The number of aromatic nitrogens is 2. The molecule has 0 radical (unpaired) electrons. The predicted octanol–water partition coefficient (Wildman–Crippen LogP) is 3.43. The van der Waals surface area contributed by atoms with E-state index in [-0.39, 0.29) is 10.6 Å². The summed E-state index contributed by atoms with van der Waals surface area (Å²) in [4.78, 5) is 14.0. The summed E-state index contributed by atoms with van der Waals surface area (Å²) in [7, 11) is -3.99. The highest BCUT2D eigenvalue weighted by atomic mass is 32.2. The number of hydrogen-bond donors (Lipinski definition) is 0. The Morgan fingerprint density at radius 3 is 2.25 bits per heavy atom. The molecule has 166 valence electrons. The van der Waals surface area contributed by atoms with Crippen molar-refractivity contribution < 1.29 is 8.42 Å². The van der Waals surface area contributed by atoms with Crippen LogP contribution in [0.15, 0.2) is 47.4 Å². The number of sulfone groups is 1. The molecule has 2 aromatic carbocycles. The van der Waals surface area contributed by atoms with Gasteiger partial charge in [0.1, 0.15) is 5.69 Å². The van der Waals surface area contributed by atoms with Gasteiger partial charge < -0.3 is 9.80 Å². The minimum Gasteiger partial charge on any atom is -0.352 e. The third kappa shape index (κ3) is 4.06. The van der Waals surface area contributed by atoms with E-state index < -0.39 is 15.1 Å². The third-order valence-electron chi connectivity index (χ3n) is 6.18. The Morgan fingerprint density at radius 2 is 1.66 bits per heavy atom. The van der Waals surface area contributed by atoms with Crippen LogP contribution in [0.3, 0.4) is 0 Å². The summed E-state index contributed by atoms with van der Waals surface area (Å²) in [6, 6.07) is 14.4. The number of hydrogen-bond acceptors (Lipinski definition) is 7. The summed E-state index contributed by atoms with van der Waals surface area (Å²) in [5.41, 5.74) is 3.33. The number of benzene rings is 2. The quantitative estimate of drug-likeness (QED) is 0.589. The van der Waals surface area contributed by atoms with E-state index in [9.17, 15) is 13.7 Å². The first kappa shape index (κ1) is 22.2. The van der Waals surface area contributed by atoms with E-state index in [1.54, 1.807) is 24.3 Å². The Morgan fingerprint density at radius 1 is 1.00 bits per heavy atom. The van der Waals surface area contributed by atoms with Crippen LogP contribution in [0, 0.1) is 25.2 Å². The fourth-order valence-corrected chi connectivity index (χ4v) is 5.46. The molecule has 0 spiro atoms. The van der Waals surface area contributed by atoms with Crippen molar-refractivity contribution in [2.24, 2.45) is 0 Å². The van der Waals surface area contributed by atoms with Crippen LogP contribution in [0.25, 0.3) is 11.0 Å². The van der Waals surface area contributed by atoms with Crippen LogP contribution >= 0.6 is 0 Å². The van der Waals surface area contributed by atoms with E-state index >= 15 is 0 Å². The smallest absolute Gasteiger partial charge is 0.200 e. The number of aryl methyl sites for hydroxylation is 2. The Hall–Kier alpha value is -3.02. The molecule has 0 bridgehead atoms. The molecular weight excluding hydrogens is 422 g/mol. The van der Waals surface area contributed by atoms with Crippen molar-refractivity contribution in [3.63, 3.8) is 0 Å². The molecule has 0 aliphatic carbocycles. The summed E-state index contributed by atoms with van der Waals surface area (Å²) in [6.45, 7) is 9.99. The Labute approximate surface area is 189 Å². The van der Waals surface area contributed by atoms with E-state index in [2.05, 4.69) is 21.7 Å². The molecule has 3 aromatic rings. The molecule has 1 aliphatic rings. The van der Waals surface area contributed by atoms with Gasteiger partial charge in [-0.05, 0) is 55.8 Å². The lowest BCUT2D eigenvalue weighted by atomic mass is 10.1. The number of nitrogens with zero attached hydrogens (tertiary/aromatic N) is 5. The van der Waals surface area contributed by atoms with E-state index in [0.29, 0.717) is 29.9 Å². The maximum Gasteiger partial charge on any atom is 0.200 e. The minimum absolute atomic E-state index is 0.129. The van der Waals surface area contributed by atoms with Crippen molar-refractivity contribution in [2.45, 2.75) is 30.9 Å². The van der Waals surface area contributed by atoms with Crippen molar-refractivity contribution >= 4 is 26.7 Å². The van der Waals surface area contributed by atoms with Crippen LogP contribution in [0.5, 0.6) is 0 Å². The molecule has 0 N–H and O–H groups in total. The van der Waals surface area contributed by atoms with Crippen molar-refractivity contribution in [2.75, 3.05) is 37.6 Å². The first-order chi connectivity index (χ1) is 15.3. The number of fused-ring (bicyclic) bond motifs is 1. The lowest BCUT2D eigenvalue weighted by Gasteiger charge is -2.35. The van der Waals surface area contributed by atoms with Crippen LogP contribution in [0.1, 0.15) is 29.0 Å². The average Bonchev–Trinajstić information content (AvgIpc) is 2.80. The lowest BCUT2D eigenvalue weighted by Crippen LogP contribution is -2.47. The number of piperazine rings is 1. The van der Waals surface area contributed by atoms with Crippen molar-refractivity contribution in [1.29, 1.82) is 5.26 Å². The molecule has 1 fully saturated rings. The zero-order chi connectivity index (χ0) is 22.9. The van der Waals surface area contributed by atoms with Crippen LogP contribution < -0.4 is 4.90 Å². The Bertz CT molecular complexity index is 1290. The van der Waals surface area contributed by atoms with Gasteiger partial charge in [-0.25, -0.2) is 18.4 Å². The maximum absolute atomic E-state index is 13.6. The van der Waals surface area contributed by atoms with Gasteiger partial charge in [0.2, 0.25) is 9.84 Å². The highest BCUT2D eigenvalue weighted by Gasteiger charge is 2.35. The Balaban J connectivity index is 1.85. The van der Waals surface area contributed by atoms with Gasteiger partial charge >= 0.3 is 0 Å². The molecule has 1 atom stereocenters. The second kappa shape index (κ2) is 8.85. The molecule has 0 saturated carbocycles. The van der Waals surface area contributed by atoms with Gasteiger partial charge in [-0.3, -0.25) is 0 Å². The van der Waals surface area contributed by atoms with Gasteiger partial charge in [0.05, 0.1) is 22.0 Å². The SMILES string of the molecule is CCN1CCN(c2nc3ccccc3nc2[C@@H](C#N)S(=O)(=O)c2ccc(C)c(C)c2)CC1. The zero-order valence-electron chi connectivity index (χ0n) is 18.6. The van der Waals surface area contributed by atoms with Crippen molar-refractivity contribution in [3.05, 3.63) is 59.3 Å². The van der Waals surface area contributed by atoms with E-state index in [1.165, 1.54) is 0 Å². The summed E-state index contributed by atoms with van der Waals surface area (Å²) in [5, 5.41) is 8.61. The maximum atomic E-state index is 13.6. The summed E-state index contributed by atoms with van der Waals surface area (Å²) < 4.78 is 27.2. The average molecular weight is 450 g/mol. The lowest BCUT2D eigenvalue weighted by molar-refractivity contribution is 0.270. The van der Waals surface area contributed by atoms with Crippen molar-refractivity contribution in [1.82, 2.24) is 14.9 Å². The number of anilines is 1. The zero-order valence-corrected chi connectivity index (χ0v) is 19.4. The van der Waals surface area contributed by atoms with Crippen LogP contribution in [-0.2, 0) is 9.84 Å². The normalized spacial score (nSPS) is 16.1. The second-order valence-corrected chi connectivity index (χ2v) is 10.2. The topological polar surface area (TPSA) is 90.2 Å². The molecule has 7 nitrogen and oxygen atoms in total. The van der Waals surface area contributed by atoms with Gasteiger partial charge in [-0.1, -0.05) is 25.1 Å². The monoisotopic (exact) mass is 449 g/mol. The molecule has 0 unspecified atom stereocenters. The standard InChI is InChI=1S/C24H27N5O2S/c1-4-28-11-13-29(14-12-28)24-23(26-20-7-5-6-8-21(20)27-24)22(16-25)32(30,31)19-10-9-17(2)18(3)15-19/h5-10,15,22H,4,11-14H2,1-3H3/t22-/m1/s1. The van der Waals surface area contributed by atoms with E-state index in [0.717, 1.165) is 30.8 Å². The van der Waals surface area contributed by atoms with E-state index in [4.69, 9.17) is 4.98 Å². The third-order valence-corrected chi connectivity index (χ3v) is 8.04. The molecule has 1 aliphatic heterocycles. The highest BCUT2D eigenvalue weighted by Crippen LogP contribution is 2.34. The molecule has 8 heteroatoms. The molecule has 32 heavy (non-hydrogen) atoms. The van der Waals surface area contributed by atoms with Gasteiger partial charge in [0.15, 0.2) is 11.1 Å². The summed E-state index contributed by atoms with van der Waals surface area (Å²) in [5.74, 6) is 0.485. The van der Waals surface area contributed by atoms with Crippen LogP contribution in [-0.4, -0.2) is 56.0 Å². The fourth-order valence-electron chi connectivity index (χ4n) is 3.99. The highest BCUT2D eigenvalue weighted by molar-refractivity contribution is 7.92.